The van der Waals surface area contributed by atoms with Crippen molar-refractivity contribution in [3.8, 4) is 0 Å². The van der Waals surface area contributed by atoms with Crippen molar-refractivity contribution >= 4 is 17.9 Å². The standard InChI is InChI=1S/C14H28O2.C5H13N3.C2H4O2/c1-5-9-14(10-6-2,11-7-3)13(15)16-12-8-4;1-6-5(7-2)8(3)4;1-2(3)4/h5-12H2,1-4H3;1-4H3,(H,6,7);1H3,(H,3,4). The van der Waals surface area contributed by atoms with Crippen LogP contribution in [0.15, 0.2) is 4.99 Å². The minimum absolute atomic E-state index is 0.0416. The highest BCUT2D eigenvalue weighted by atomic mass is 16.5. The zero-order valence-electron chi connectivity index (χ0n) is 19.7. The molecule has 28 heavy (non-hydrogen) atoms. The fourth-order valence-electron chi connectivity index (χ4n) is 3.00. The third-order valence-corrected chi connectivity index (χ3v) is 3.91. The van der Waals surface area contributed by atoms with E-state index in [1.807, 2.05) is 33.0 Å². The highest BCUT2D eigenvalue weighted by molar-refractivity contribution is 5.78. The van der Waals surface area contributed by atoms with Crippen LogP contribution in [0.2, 0.25) is 0 Å². The van der Waals surface area contributed by atoms with Crippen LogP contribution in [0, 0.1) is 5.41 Å². The summed E-state index contributed by atoms with van der Waals surface area (Å²) in [5, 5.41) is 10.3. The van der Waals surface area contributed by atoms with E-state index in [0.29, 0.717) is 6.61 Å². The Morgan fingerprint density at radius 3 is 1.57 bits per heavy atom. The summed E-state index contributed by atoms with van der Waals surface area (Å²) in [5.41, 5.74) is -0.201. The zero-order valence-corrected chi connectivity index (χ0v) is 19.7. The van der Waals surface area contributed by atoms with Crippen LogP contribution in [0.25, 0.3) is 0 Å². The molecule has 0 bridgehead atoms. The molecule has 0 aromatic heterocycles. The first-order chi connectivity index (χ1) is 13.1. The number of carbonyl (C=O) groups excluding carboxylic acids is 1. The third-order valence-electron chi connectivity index (χ3n) is 3.91. The van der Waals surface area contributed by atoms with Gasteiger partial charge in [-0.05, 0) is 25.7 Å². The average molecular weight is 404 g/mol. The first-order valence-electron chi connectivity index (χ1n) is 10.3. The van der Waals surface area contributed by atoms with Crippen molar-refractivity contribution < 1.29 is 19.4 Å². The number of hydrogen-bond acceptors (Lipinski definition) is 4. The molecule has 0 heterocycles. The number of aliphatic imine (C=N–C) groups is 1. The smallest absolute Gasteiger partial charge is 0.312 e. The van der Waals surface area contributed by atoms with Crippen LogP contribution in [0.3, 0.4) is 0 Å². The molecule has 7 heteroatoms. The molecule has 0 aliphatic rings. The number of esters is 1. The normalized spacial score (nSPS) is 10.7. The Kier molecular flexibility index (Phi) is 22.0. The summed E-state index contributed by atoms with van der Waals surface area (Å²) in [7, 11) is 7.49. The number of aliphatic carboxylic acids is 1. The predicted molar refractivity (Wildman–Crippen MR) is 118 cm³/mol. The second-order valence-corrected chi connectivity index (χ2v) is 6.88. The Labute approximate surface area is 172 Å². The molecular weight excluding hydrogens is 358 g/mol. The van der Waals surface area contributed by atoms with Gasteiger partial charge in [-0.3, -0.25) is 14.6 Å². The van der Waals surface area contributed by atoms with Gasteiger partial charge in [0.05, 0.1) is 12.0 Å². The van der Waals surface area contributed by atoms with Crippen molar-refractivity contribution in [1.82, 2.24) is 10.2 Å². The van der Waals surface area contributed by atoms with Crippen LogP contribution in [-0.4, -0.2) is 62.7 Å². The molecule has 0 atom stereocenters. The number of ether oxygens (including phenoxy) is 1. The second kappa shape index (κ2) is 20.0. The lowest BCUT2D eigenvalue weighted by Crippen LogP contribution is -2.33. The van der Waals surface area contributed by atoms with Gasteiger partial charge >= 0.3 is 5.97 Å². The topological polar surface area (TPSA) is 91.2 Å². The van der Waals surface area contributed by atoms with E-state index < -0.39 is 5.97 Å². The predicted octanol–water partition coefficient (Wildman–Crippen LogP) is 4.17. The molecule has 2 N–H and O–H groups in total. The molecule has 168 valence electrons. The number of guanidine groups is 1. The SMILES string of the molecule is CC(=O)O.CCCOC(=O)C(CCC)(CCC)CCC.CN=C(NC)N(C)C. The van der Waals surface area contributed by atoms with Gasteiger partial charge in [-0.1, -0.05) is 47.0 Å². The lowest BCUT2D eigenvalue weighted by molar-refractivity contribution is -0.157. The monoisotopic (exact) mass is 403 g/mol. The number of rotatable bonds is 9. The summed E-state index contributed by atoms with van der Waals surface area (Å²) in [5.74, 6) is 0.102. The molecule has 7 nitrogen and oxygen atoms in total. The quantitative estimate of drug-likeness (QED) is 0.341. The second-order valence-electron chi connectivity index (χ2n) is 6.88. The molecule has 0 aromatic rings. The van der Waals surface area contributed by atoms with E-state index in [4.69, 9.17) is 14.6 Å². The molecule has 0 aliphatic heterocycles. The minimum atomic E-state index is -0.833. The number of nitrogens with one attached hydrogen (secondary N) is 1. The van der Waals surface area contributed by atoms with Gasteiger partial charge in [-0.25, -0.2) is 0 Å². The van der Waals surface area contributed by atoms with Crippen LogP contribution < -0.4 is 5.32 Å². The summed E-state index contributed by atoms with van der Waals surface area (Å²) in [6, 6.07) is 0. The summed E-state index contributed by atoms with van der Waals surface area (Å²) in [6.07, 6.45) is 6.99. The van der Waals surface area contributed by atoms with Gasteiger partial charge in [0.15, 0.2) is 5.96 Å². The number of carbonyl (C=O) groups is 2. The van der Waals surface area contributed by atoms with Crippen LogP contribution >= 0.6 is 0 Å². The van der Waals surface area contributed by atoms with Crippen molar-refractivity contribution in [3.63, 3.8) is 0 Å². The third kappa shape index (κ3) is 16.4. The van der Waals surface area contributed by atoms with Crippen LogP contribution in [0.5, 0.6) is 0 Å². The molecule has 0 aromatic carbocycles. The maximum absolute atomic E-state index is 12.2. The minimum Gasteiger partial charge on any atom is -0.481 e. The molecule has 0 saturated carbocycles. The van der Waals surface area contributed by atoms with Gasteiger partial charge < -0.3 is 20.1 Å². The Hall–Kier alpha value is -1.79. The van der Waals surface area contributed by atoms with Crippen LogP contribution in [0.1, 0.15) is 79.6 Å². The fraction of sp³-hybridized carbons (Fsp3) is 0.857. The Bertz CT molecular complexity index is 403. The fourth-order valence-corrected chi connectivity index (χ4v) is 3.00. The van der Waals surface area contributed by atoms with E-state index in [0.717, 1.165) is 57.8 Å². The Morgan fingerprint density at radius 1 is 1.00 bits per heavy atom. The van der Waals surface area contributed by atoms with Gasteiger partial charge in [-0.15, -0.1) is 0 Å². The zero-order chi connectivity index (χ0) is 22.6. The lowest BCUT2D eigenvalue weighted by Gasteiger charge is -2.30. The summed E-state index contributed by atoms with van der Waals surface area (Å²) < 4.78 is 5.38. The first kappa shape index (κ1) is 30.9. The summed E-state index contributed by atoms with van der Waals surface area (Å²) in [4.78, 5) is 27.0. The lowest BCUT2D eigenvalue weighted by atomic mass is 9.75. The average Bonchev–Trinajstić information content (AvgIpc) is 2.61. The van der Waals surface area contributed by atoms with E-state index in [1.165, 1.54) is 0 Å². The van der Waals surface area contributed by atoms with Crippen molar-refractivity contribution in [2.45, 2.75) is 79.6 Å². The maximum Gasteiger partial charge on any atom is 0.312 e. The van der Waals surface area contributed by atoms with E-state index in [2.05, 4.69) is 31.1 Å². The molecule has 0 fully saturated rings. The van der Waals surface area contributed by atoms with Gasteiger partial charge in [0.25, 0.3) is 5.97 Å². The van der Waals surface area contributed by atoms with Crippen molar-refractivity contribution in [1.29, 1.82) is 0 Å². The Balaban J connectivity index is -0.000000431. The molecule has 0 spiro atoms. The van der Waals surface area contributed by atoms with E-state index in [1.54, 1.807) is 7.05 Å². The van der Waals surface area contributed by atoms with Crippen molar-refractivity contribution in [2.75, 3.05) is 34.8 Å². The van der Waals surface area contributed by atoms with Crippen LogP contribution in [-0.2, 0) is 14.3 Å². The van der Waals surface area contributed by atoms with E-state index in [9.17, 15) is 4.79 Å². The molecule has 0 amide bonds. The van der Waals surface area contributed by atoms with E-state index >= 15 is 0 Å². The maximum atomic E-state index is 12.2. The highest BCUT2D eigenvalue weighted by Crippen LogP contribution is 2.36. The van der Waals surface area contributed by atoms with E-state index in [-0.39, 0.29) is 11.4 Å². The van der Waals surface area contributed by atoms with Crippen LogP contribution in [0.4, 0.5) is 0 Å². The Morgan fingerprint density at radius 2 is 1.39 bits per heavy atom. The van der Waals surface area contributed by atoms with Gasteiger partial charge in [0, 0.05) is 35.1 Å². The molecule has 0 rings (SSSR count). The number of hydrogen-bond donors (Lipinski definition) is 2. The summed E-state index contributed by atoms with van der Waals surface area (Å²) >= 11 is 0. The largest absolute Gasteiger partial charge is 0.481 e. The molecule has 0 saturated heterocycles. The molecule has 0 radical (unpaired) electrons. The van der Waals surface area contributed by atoms with Gasteiger partial charge in [0.1, 0.15) is 0 Å². The van der Waals surface area contributed by atoms with Crippen molar-refractivity contribution in [3.05, 3.63) is 0 Å². The highest BCUT2D eigenvalue weighted by Gasteiger charge is 2.37. The summed E-state index contributed by atoms with van der Waals surface area (Å²) in [6.45, 7) is 10.1. The number of nitrogens with zero attached hydrogens (tertiary/aromatic N) is 2. The molecule has 0 unspecified atom stereocenters. The number of carboxylic acids is 1. The van der Waals surface area contributed by atoms with Crippen molar-refractivity contribution in [2.24, 2.45) is 10.4 Å². The van der Waals surface area contributed by atoms with Gasteiger partial charge in [0.2, 0.25) is 0 Å². The van der Waals surface area contributed by atoms with Gasteiger partial charge in [-0.2, -0.15) is 0 Å². The molecule has 0 aliphatic carbocycles. The first-order valence-corrected chi connectivity index (χ1v) is 10.3. The molecular formula is C21H45N3O4. The number of carboxylic acid groups (broad SMARTS) is 1.